The van der Waals surface area contributed by atoms with E-state index in [0.717, 1.165) is 30.7 Å². The van der Waals surface area contributed by atoms with Crippen molar-refractivity contribution in [3.05, 3.63) is 64.7 Å². The molecule has 0 amide bonds. The van der Waals surface area contributed by atoms with Crippen LogP contribution in [0.2, 0.25) is 0 Å². The molecule has 1 atom stereocenters. The summed E-state index contributed by atoms with van der Waals surface area (Å²) >= 11 is 0. The fourth-order valence-electron chi connectivity index (χ4n) is 3.34. The number of likely N-dealkylation sites (tertiary alicyclic amines) is 1. The van der Waals surface area contributed by atoms with Crippen LogP contribution in [0.3, 0.4) is 0 Å². The predicted octanol–water partition coefficient (Wildman–Crippen LogP) is 1.69. The van der Waals surface area contributed by atoms with Gasteiger partial charge < -0.3 is 4.40 Å². The van der Waals surface area contributed by atoms with Crippen LogP contribution in [-0.4, -0.2) is 36.7 Å². The smallest absolute Gasteiger partial charge is 0.266 e. The minimum Gasteiger partial charge on any atom is -0.304 e. The van der Waals surface area contributed by atoms with Crippen LogP contribution in [0.4, 0.5) is 4.39 Å². The Bertz CT molecular complexity index is 918. The number of nitrogens with zero attached hydrogens (tertiary/aromatic N) is 5. The first kappa shape index (κ1) is 15.0. The second kappa shape index (κ2) is 6.16. The summed E-state index contributed by atoms with van der Waals surface area (Å²) in [6, 6.07) is 6.54. The van der Waals surface area contributed by atoms with Crippen molar-refractivity contribution in [3.8, 4) is 0 Å². The van der Waals surface area contributed by atoms with E-state index in [1.54, 1.807) is 22.7 Å². The van der Waals surface area contributed by atoms with Crippen LogP contribution in [0.15, 0.2) is 47.7 Å². The van der Waals surface area contributed by atoms with E-state index in [1.165, 1.54) is 23.0 Å². The summed E-state index contributed by atoms with van der Waals surface area (Å²) in [5.74, 6) is -0.278. The molecule has 124 valence electrons. The van der Waals surface area contributed by atoms with Crippen molar-refractivity contribution in [1.82, 2.24) is 24.1 Å². The Kier molecular flexibility index (Phi) is 3.86. The van der Waals surface area contributed by atoms with E-state index in [4.69, 9.17) is 0 Å². The summed E-state index contributed by atoms with van der Waals surface area (Å²) in [7, 11) is 0. The summed E-state index contributed by atoms with van der Waals surface area (Å²) in [6.07, 6.45) is 7.05. The molecule has 3 aromatic rings. The van der Waals surface area contributed by atoms with Crippen LogP contribution < -0.4 is 5.56 Å². The van der Waals surface area contributed by atoms with Gasteiger partial charge in [-0.3, -0.25) is 9.69 Å². The highest BCUT2D eigenvalue weighted by Gasteiger charge is 2.26. The molecule has 1 unspecified atom stereocenters. The van der Waals surface area contributed by atoms with Crippen LogP contribution in [-0.2, 0) is 13.1 Å². The highest BCUT2D eigenvalue weighted by molar-refractivity contribution is 5.39. The largest absolute Gasteiger partial charge is 0.304 e. The van der Waals surface area contributed by atoms with Crippen molar-refractivity contribution in [1.29, 1.82) is 0 Å². The molecule has 6 nitrogen and oxygen atoms in total. The van der Waals surface area contributed by atoms with Crippen molar-refractivity contribution in [2.24, 2.45) is 0 Å². The summed E-state index contributed by atoms with van der Waals surface area (Å²) in [5, 5.41) is 4.14. The molecule has 0 bridgehead atoms. The third kappa shape index (κ3) is 2.94. The number of hydrogen-bond donors (Lipinski definition) is 0. The number of fused-ring (bicyclic) bond motifs is 1. The molecule has 3 aromatic heterocycles. The Morgan fingerprint density at radius 2 is 2.17 bits per heavy atom. The topological polar surface area (TPSA) is 55.4 Å². The summed E-state index contributed by atoms with van der Waals surface area (Å²) in [6.45, 7) is 2.24. The Balaban J connectivity index is 1.52. The molecule has 1 aliphatic rings. The van der Waals surface area contributed by atoms with E-state index >= 15 is 0 Å². The first-order chi connectivity index (χ1) is 11.7. The molecule has 7 heteroatoms. The molecule has 4 rings (SSSR count). The van der Waals surface area contributed by atoms with Gasteiger partial charge in [0.25, 0.3) is 5.56 Å². The Morgan fingerprint density at radius 3 is 3.04 bits per heavy atom. The molecular weight excluding hydrogens is 309 g/mol. The molecule has 0 spiro atoms. The normalized spacial score (nSPS) is 18.5. The summed E-state index contributed by atoms with van der Waals surface area (Å²) in [4.78, 5) is 18.7. The Morgan fingerprint density at radius 1 is 1.25 bits per heavy atom. The van der Waals surface area contributed by atoms with Crippen LogP contribution in [0.5, 0.6) is 0 Å². The maximum absolute atomic E-state index is 13.3. The molecule has 24 heavy (non-hydrogen) atoms. The first-order valence-electron chi connectivity index (χ1n) is 8.08. The van der Waals surface area contributed by atoms with Crippen molar-refractivity contribution < 1.29 is 4.39 Å². The van der Waals surface area contributed by atoms with Crippen molar-refractivity contribution in [3.63, 3.8) is 0 Å². The third-order valence-electron chi connectivity index (χ3n) is 4.50. The molecule has 1 aliphatic heterocycles. The Labute approximate surface area is 138 Å². The number of rotatable bonds is 4. The van der Waals surface area contributed by atoms with E-state index in [-0.39, 0.29) is 17.4 Å². The molecule has 0 N–H and O–H groups in total. The summed E-state index contributed by atoms with van der Waals surface area (Å²) < 4.78 is 16.5. The van der Waals surface area contributed by atoms with Crippen LogP contribution in [0.25, 0.3) is 5.65 Å². The second-order valence-corrected chi connectivity index (χ2v) is 6.16. The van der Waals surface area contributed by atoms with E-state index in [1.807, 2.05) is 6.20 Å². The van der Waals surface area contributed by atoms with E-state index in [9.17, 15) is 9.18 Å². The predicted molar refractivity (Wildman–Crippen MR) is 87.1 cm³/mol. The molecule has 0 aromatic carbocycles. The minimum absolute atomic E-state index is 0.0763. The highest BCUT2D eigenvalue weighted by atomic mass is 19.1. The van der Waals surface area contributed by atoms with Gasteiger partial charge in [0.05, 0.1) is 12.2 Å². The number of hydrogen-bond acceptors (Lipinski definition) is 4. The number of aromatic nitrogens is 4. The minimum atomic E-state index is -0.278. The van der Waals surface area contributed by atoms with Gasteiger partial charge in [0.15, 0.2) is 0 Å². The van der Waals surface area contributed by atoms with Gasteiger partial charge in [-0.1, -0.05) is 0 Å². The SMILES string of the molecule is O=c1cccnn1CC1CCCN1Cc1cn2cc(F)ccc2n1. The van der Waals surface area contributed by atoms with Crippen molar-refractivity contribution in [2.45, 2.75) is 32.0 Å². The van der Waals surface area contributed by atoms with E-state index < -0.39 is 0 Å². The van der Waals surface area contributed by atoms with Crippen LogP contribution in [0, 0.1) is 5.82 Å². The molecule has 0 radical (unpaired) electrons. The molecule has 1 saturated heterocycles. The average molecular weight is 327 g/mol. The number of halogens is 1. The number of pyridine rings is 1. The van der Waals surface area contributed by atoms with Gasteiger partial charge in [-0.05, 0) is 37.6 Å². The van der Waals surface area contributed by atoms with Gasteiger partial charge in [0.1, 0.15) is 11.5 Å². The molecule has 1 fully saturated rings. The average Bonchev–Trinajstić information content (AvgIpc) is 3.16. The van der Waals surface area contributed by atoms with Gasteiger partial charge in [0.2, 0.25) is 0 Å². The molecule has 0 aliphatic carbocycles. The van der Waals surface area contributed by atoms with E-state index in [2.05, 4.69) is 15.0 Å². The molecule has 0 saturated carbocycles. The van der Waals surface area contributed by atoms with Crippen LogP contribution >= 0.6 is 0 Å². The summed E-state index contributed by atoms with van der Waals surface area (Å²) in [5.41, 5.74) is 1.57. The van der Waals surface area contributed by atoms with Gasteiger partial charge in [-0.25, -0.2) is 14.1 Å². The fourth-order valence-corrected chi connectivity index (χ4v) is 3.34. The Hall–Kier alpha value is -2.54. The van der Waals surface area contributed by atoms with Crippen LogP contribution in [0.1, 0.15) is 18.5 Å². The lowest BCUT2D eigenvalue weighted by atomic mass is 10.2. The maximum atomic E-state index is 13.3. The monoisotopic (exact) mass is 327 g/mol. The van der Waals surface area contributed by atoms with Gasteiger partial charge >= 0.3 is 0 Å². The molecular formula is C17H18FN5O. The van der Waals surface area contributed by atoms with Crippen molar-refractivity contribution >= 4 is 5.65 Å². The lowest BCUT2D eigenvalue weighted by Crippen LogP contribution is -2.36. The maximum Gasteiger partial charge on any atom is 0.266 e. The van der Waals surface area contributed by atoms with Gasteiger partial charge in [-0.15, -0.1) is 0 Å². The standard InChI is InChI=1S/C17H18FN5O/c18-13-5-6-16-20-14(11-22(16)9-13)10-21-8-2-3-15(21)12-23-17(24)4-1-7-19-23/h1,4-7,9,11,15H,2-3,8,10,12H2. The lowest BCUT2D eigenvalue weighted by Gasteiger charge is -2.23. The third-order valence-corrected chi connectivity index (χ3v) is 4.50. The van der Waals surface area contributed by atoms with Gasteiger partial charge in [-0.2, -0.15) is 5.10 Å². The highest BCUT2D eigenvalue weighted by Crippen LogP contribution is 2.21. The first-order valence-corrected chi connectivity index (χ1v) is 8.08. The number of imidazole rings is 1. The lowest BCUT2D eigenvalue weighted by molar-refractivity contribution is 0.215. The quantitative estimate of drug-likeness (QED) is 0.732. The van der Waals surface area contributed by atoms with Gasteiger partial charge in [0, 0.05) is 37.2 Å². The zero-order valence-electron chi connectivity index (χ0n) is 13.2. The van der Waals surface area contributed by atoms with Crippen molar-refractivity contribution in [2.75, 3.05) is 6.54 Å². The molecule has 4 heterocycles. The zero-order chi connectivity index (χ0) is 16.5. The fraction of sp³-hybridized carbons (Fsp3) is 0.353. The van der Waals surface area contributed by atoms with E-state index in [0.29, 0.717) is 13.1 Å². The second-order valence-electron chi connectivity index (χ2n) is 6.16. The zero-order valence-corrected chi connectivity index (χ0v) is 13.2.